The maximum absolute atomic E-state index is 13.1. The minimum atomic E-state index is -4.13. The molecule has 7 nitrogen and oxygen atoms in total. The Morgan fingerprint density at radius 2 is 1.91 bits per heavy atom. The Labute approximate surface area is 191 Å². The number of methoxy groups -OCH3 is 1. The van der Waals surface area contributed by atoms with Crippen LogP contribution in [0.2, 0.25) is 0 Å². The lowest BCUT2D eigenvalue weighted by molar-refractivity contribution is -0.182. The van der Waals surface area contributed by atoms with E-state index in [2.05, 4.69) is 4.98 Å². The monoisotopic (exact) mass is 468 g/mol. The van der Waals surface area contributed by atoms with E-state index < -0.39 is 24.3 Å². The second kappa shape index (κ2) is 9.12. The van der Waals surface area contributed by atoms with Gasteiger partial charge in [0, 0.05) is 17.7 Å². The van der Waals surface area contributed by atoms with Crippen molar-refractivity contribution in [3.05, 3.63) is 29.2 Å². The molecule has 182 valence electrons. The second-order valence-electron chi connectivity index (χ2n) is 9.51. The first-order chi connectivity index (χ1) is 15.6. The van der Waals surface area contributed by atoms with Crippen molar-refractivity contribution in [2.24, 2.45) is 11.8 Å². The van der Waals surface area contributed by atoms with Gasteiger partial charge in [-0.3, -0.25) is 4.90 Å². The van der Waals surface area contributed by atoms with Crippen LogP contribution in [0.15, 0.2) is 12.1 Å². The Kier molecular flexibility index (Phi) is 6.57. The van der Waals surface area contributed by atoms with Gasteiger partial charge in [-0.2, -0.15) is 18.3 Å². The predicted octanol–water partition coefficient (Wildman–Crippen LogP) is 5.04. The van der Waals surface area contributed by atoms with Gasteiger partial charge in [0.25, 0.3) is 0 Å². The average molecular weight is 469 g/mol. The van der Waals surface area contributed by atoms with Gasteiger partial charge >= 0.3 is 12.3 Å². The molecular weight excluding hydrogens is 437 g/mol. The number of nitrogens with zero attached hydrogens (tertiary/aromatic N) is 4. The lowest BCUT2D eigenvalue weighted by atomic mass is 9.80. The number of carbonyl (C=O) groups excluding carboxylic acids is 1. The predicted molar refractivity (Wildman–Crippen MR) is 115 cm³/mol. The highest BCUT2D eigenvalue weighted by Crippen LogP contribution is 2.43. The number of aryl methyl sites for hydroxylation is 1. The van der Waals surface area contributed by atoms with Crippen LogP contribution in [0.25, 0.3) is 5.65 Å². The van der Waals surface area contributed by atoms with Crippen LogP contribution in [0.1, 0.15) is 68.6 Å². The fourth-order valence-corrected chi connectivity index (χ4v) is 5.02. The number of rotatable bonds is 3. The molecule has 2 aliphatic rings. The van der Waals surface area contributed by atoms with Gasteiger partial charge in [-0.15, -0.1) is 0 Å². The minimum Gasteiger partial charge on any atom is -0.453 e. The van der Waals surface area contributed by atoms with Crippen molar-refractivity contribution in [1.29, 1.82) is 0 Å². The van der Waals surface area contributed by atoms with Crippen molar-refractivity contribution in [1.82, 2.24) is 19.5 Å². The first-order valence-electron chi connectivity index (χ1n) is 11.5. The molecule has 1 aliphatic heterocycles. The summed E-state index contributed by atoms with van der Waals surface area (Å²) in [5.41, 5.74) is 2.94. The summed E-state index contributed by atoms with van der Waals surface area (Å²) >= 11 is 0. The summed E-state index contributed by atoms with van der Waals surface area (Å²) < 4.78 is 52.0. The largest absolute Gasteiger partial charge is 0.453 e. The van der Waals surface area contributed by atoms with Gasteiger partial charge in [0.1, 0.15) is 6.10 Å². The lowest BCUT2D eigenvalue weighted by Crippen LogP contribution is -2.52. The number of carbonyl (C=O) groups is 1. The highest BCUT2D eigenvalue weighted by Gasteiger charge is 2.42. The Hall–Kier alpha value is -2.36. The maximum Gasteiger partial charge on any atom is 0.409 e. The Bertz CT molecular complexity index is 999. The molecule has 2 aromatic heterocycles. The van der Waals surface area contributed by atoms with Gasteiger partial charge in [-0.25, -0.2) is 14.3 Å². The van der Waals surface area contributed by atoms with Crippen LogP contribution in [0.3, 0.4) is 0 Å². The number of alkyl halides is 3. The highest BCUT2D eigenvalue weighted by atomic mass is 19.4. The molecule has 2 atom stereocenters. The summed E-state index contributed by atoms with van der Waals surface area (Å²) in [6.45, 7) is 6.64. The zero-order chi connectivity index (χ0) is 23.9. The normalized spacial score (nSPS) is 26.7. The molecule has 1 amide bonds. The van der Waals surface area contributed by atoms with Gasteiger partial charge in [0.2, 0.25) is 0 Å². The van der Waals surface area contributed by atoms with E-state index in [1.54, 1.807) is 9.42 Å². The molecule has 10 heteroatoms. The van der Waals surface area contributed by atoms with E-state index in [1.807, 2.05) is 32.9 Å². The molecule has 1 saturated heterocycles. The van der Waals surface area contributed by atoms with Crippen molar-refractivity contribution in [3.8, 4) is 0 Å². The minimum absolute atomic E-state index is 0.0254. The summed E-state index contributed by atoms with van der Waals surface area (Å²) in [6, 6.07) is 3.66. The molecule has 1 aliphatic carbocycles. The summed E-state index contributed by atoms with van der Waals surface area (Å²) in [5, 5.41) is 4.74. The third-order valence-electron chi connectivity index (χ3n) is 6.95. The number of ether oxygens (including phenoxy) is 2. The van der Waals surface area contributed by atoms with E-state index >= 15 is 0 Å². The van der Waals surface area contributed by atoms with Crippen molar-refractivity contribution in [2.75, 3.05) is 20.3 Å². The van der Waals surface area contributed by atoms with E-state index in [9.17, 15) is 18.0 Å². The summed E-state index contributed by atoms with van der Waals surface area (Å²) in [6.07, 6.45) is -3.80. The molecular formula is C23H31F3N4O3. The molecule has 33 heavy (non-hydrogen) atoms. The SMILES string of the molecule is COC(=O)N1C[C@@H](c2cc(C)nc3cc([C@H]4CC[C@H](C(F)(F)F)CC4)nn23)OC[C@@H]1C(C)C. The topological polar surface area (TPSA) is 69.0 Å². The lowest BCUT2D eigenvalue weighted by Gasteiger charge is -2.40. The van der Waals surface area contributed by atoms with Crippen LogP contribution in [0.5, 0.6) is 0 Å². The fraction of sp³-hybridized carbons (Fsp3) is 0.696. The molecule has 0 unspecified atom stereocenters. The van der Waals surface area contributed by atoms with Crippen LogP contribution in [0, 0.1) is 18.8 Å². The van der Waals surface area contributed by atoms with Crippen LogP contribution in [-0.2, 0) is 9.47 Å². The maximum atomic E-state index is 13.1. The number of morpholine rings is 1. The molecule has 0 N–H and O–H groups in total. The van der Waals surface area contributed by atoms with Crippen LogP contribution in [0.4, 0.5) is 18.0 Å². The molecule has 1 saturated carbocycles. The summed E-state index contributed by atoms with van der Waals surface area (Å²) in [5.74, 6) is -1.05. The fourth-order valence-electron chi connectivity index (χ4n) is 5.02. The van der Waals surface area contributed by atoms with Crippen molar-refractivity contribution in [2.45, 2.75) is 70.7 Å². The first kappa shape index (κ1) is 23.8. The molecule has 2 fully saturated rings. The zero-order valence-electron chi connectivity index (χ0n) is 19.4. The molecule has 3 heterocycles. The molecule has 4 rings (SSSR count). The first-order valence-corrected chi connectivity index (χ1v) is 11.5. The number of aromatic nitrogens is 3. The number of amides is 1. The Morgan fingerprint density at radius 1 is 1.21 bits per heavy atom. The number of hydrogen-bond donors (Lipinski definition) is 0. The number of hydrogen-bond acceptors (Lipinski definition) is 5. The van der Waals surface area contributed by atoms with Crippen LogP contribution < -0.4 is 0 Å². The van der Waals surface area contributed by atoms with Gasteiger partial charge in [-0.05, 0) is 44.6 Å². The van der Waals surface area contributed by atoms with Gasteiger partial charge in [0.15, 0.2) is 5.65 Å². The van der Waals surface area contributed by atoms with Crippen molar-refractivity contribution in [3.63, 3.8) is 0 Å². The molecule has 0 radical (unpaired) electrons. The Morgan fingerprint density at radius 3 is 2.52 bits per heavy atom. The van der Waals surface area contributed by atoms with Crippen molar-refractivity contribution < 1.29 is 27.4 Å². The van der Waals surface area contributed by atoms with Crippen LogP contribution >= 0.6 is 0 Å². The third kappa shape index (κ3) is 4.81. The average Bonchev–Trinajstić information content (AvgIpc) is 3.21. The molecule has 2 aromatic rings. The van der Waals surface area contributed by atoms with E-state index in [4.69, 9.17) is 14.6 Å². The molecule has 0 aromatic carbocycles. The van der Waals surface area contributed by atoms with Crippen molar-refractivity contribution >= 4 is 11.7 Å². The number of halogens is 3. The van der Waals surface area contributed by atoms with E-state index in [0.29, 0.717) is 31.6 Å². The summed E-state index contributed by atoms with van der Waals surface area (Å²) in [7, 11) is 1.37. The zero-order valence-corrected chi connectivity index (χ0v) is 19.4. The second-order valence-corrected chi connectivity index (χ2v) is 9.51. The third-order valence-corrected chi connectivity index (χ3v) is 6.95. The smallest absolute Gasteiger partial charge is 0.409 e. The number of fused-ring (bicyclic) bond motifs is 1. The standard InChI is InChI=1S/C23H31F3N4O3/c1-13(2)19-12-33-20(11-29(19)22(31)32-4)18-9-14(3)27-21-10-17(28-30(18)21)15-5-7-16(8-6-15)23(24,25)26/h9-10,13,15-16,19-20H,5-8,11-12H2,1-4H3/t15-,16-,19-,20+/m1/s1. The van der Waals surface area contributed by atoms with Gasteiger partial charge in [0.05, 0.1) is 43.6 Å². The van der Waals surface area contributed by atoms with Crippen LogP contribution in [-0.4, -0.2) is 58.1 Å². The molecule has 0 spiro atoms. The summed E-state index contributed by atoms with van der Waals surface area (Å²) in [4.78, 5) is 18.7. The van der Waals surface area contributed by atoms with E-state index in [-0.39, 0.29) is 30.7 Å². The van der Waals surface area contributed by atoms with Gasteiger partial charge in [-0.1, -0.05) is 13.8 Å². The molecule has 0 bridgehead atoms. The van der Waals surface area contributed by atoms with E-state index in [1.165, 1.54) is 7.11 Å². The quantitative estimate of drug-likeness (QED) is 0.632. The highest BCUT2D eigenvalue weighted by molar-refractivity contribution is 5.68. The Balaban J connectivity index is 1.60. The van der Waals surface area contributed by atoms with E-state index in [0.717, 1.165) is 17.1 Å². The van der Waals surface area contributed by atoms with Gasteiger partial charge < -0.3 is 9.47 Å².